The molecule has 0 aliphatic carbocycles. The second-order valence-corrected chi connectivity index (χ2v) is 10.2. The highest BCUT2D eigenvalue weighted by Gasteiger charge is 2.33. The predicted molar refractivity (Wildman–Crippen MR) is 129 cm³/mol. The molecule has 4 rings (SSSR count). The summed E-state index contributed by atoms with van der Waals surface area (Å²) in [4.78, 5) is 27.6. The third-order valence-corrected chi connectivity index (χ3v) is 7.11. The Hall–Kier alpha value is -1.63. The maximum Gasteiger partial charge on any atom is 0.261 e. The fourth-order valence-electron chi connectivity index (χ4n) is 4.18. The van der Waals surface area contributed by atoms with Gasteiger partial charge in [0.15, 0.2) is 0 Å². The van der Waals surface area contributed by atoms with Crippen LogP contribution in [-0.4, -0.2) is 48.4 Å². The minimum absolute atomic E-state index is 0. The van der Waals surface area contributed by atoms with Gasteiger partial charge in [0.1, 0.15) is 6.54 Å². The molecule has 3 aromatic rings. The Morgan fingerprint density at radius 1 is 0.938 bits per heavy atom. The van der Waals surface area contributed by atoms with Gasteiger partial charge in [-0.3, -0.25) is 14.5 Å². The Labute approximate surface area is 212 Å². The molecule has 0 spiro atoms. The first-order chi connectivity index (χ1) is 14.7. The van der Waals surface area contributed by atoms with E-state index in [1.807, 2.05) is 30.3 Å². The molecule has 1 heterocycles. The Morgan fingerprint density at radius 3 is 2.31 bits per heavy atom. The van der Waals surface area contributed by atoms with Crippen molar-refractivity contribution in [2.45, 2.75) is 13.0 Å². The third-order valence-electron chi connectivity index (χ3n) is 5.68. The van der Waals surface area contributed by atoms with Crippen molar-refractivity contribution in [3.63, 3.8) is 0 Å². The summed E-state index contributed by atoms with van der Waals surface area (Å²) in [6, 6.07) is 14.9. The van der Waals surface area contributed by atoms with Crippen LogP contribution in [0.1, 0.15) is 32.7 Å². The molecule has 168 valence electrons. The monoisotopic (exact) mass is 554 g/mol. The highest BCUT2D eigenvalue weighted by atomic mass is 79.9. The number of hydrogen-bond acceptors (Lipinski definition) is 2. The van der Waals surface area contributed by atoms with Gasteiger partial charge < -0.3 is 16.9 Å². The Bertz CT molecular complexity index is 1190. The normalized spacial score (nSPS) is 13.5. The first-order valence-corrected chi connectivity index (χ1v) is 11.6. The average Bonchev–Trinajstić information content (AvgIpc) is 2.72. The van der Waals surface area contributed by atoms with Gasteiger partial charge in [0, 0.05) is 39.5 Å². The van der Waals surface area contributed by atoms with E-state index in [2.05, 4.69) is 30.0 Å². The third kappa shape index (κ3) is 4.82. The maximum absolute atomic E-state index is 13.1. The standard InChI is InChI=1S/C24H22BrCl2N2O2.ClH/c1-29(2,14-15-7-10-20(26)21(27)13-15)12-4-11-28-23(30)17-6-3-5-16-19(25)9-8-18(22(16)17)24(28)31;/h3,5-10,13H,4,11-12,14H2,1-2H3;1H/q+1;/p-1. The highest BCUT2D eigenvalue weighted by molar-refractivity contribution is 9.10. The maximum atomic E-state index is 13.1. The van der Waals surface area contributed by atoms with Crippen LogP contribution in [0.3, 0.4) is 0 Å². The predicted octanol–water partition coefficient (Wildman–Crippen LogP) is 3.18. The molecule has 1 aliphatic heterocycles. The summed E-state index contributed by atoms with van der Waals surface area (Å²) in [5, 5.41) is 2.71. The van der Waals surface area contributed by atoms with Gasteiger partial charge in [0.25, 0.3) is 11.8 Å². The van der Waals surface area contributed by atoms with E-state index in [9.17, 15) is 9.59 Å². The molecule has 4 nitrogen and oxygen atoms in total. The summed E-state index contributed by atoms with van der Waals surface area (Å²) in [7, 11) is 4.24. The van der Waals surface area contributed by atoms with Crippen LogP contribution < -0.4 is 12.4 Å². The lowest BCUT2D eigenvalue weighted by Crippen LogP contribution is -3.00. The van der Waals surface area contributed by atoms with Crippen LogP contribution in [-0.2, 0) is 6.54 Å². The van der Waals surface area contributed by atoms with E-state index in [1.165, 1.54) is 4.90 Å². The zero-order valence-electron chi connectivity index (χ0n) is 17.7. The lowest BCUT2D eigenvalue weighted by atomic mass is 9.94. The molecule has 0 atom stereocenters. The number of carbonyl (C=O) groups is 2. The van der Waals surface area contributed by atoms with Gasteiger partial charge in [-0.05, 0) is 35.7 Å². The van der Waals surface area contributed by atoms with E-state index in [-0.39, 0.29) is 24.2 Å². The van der Waals surface area contributed by atoms with Crippen LogP contribution in [0.5, 0.6) is 0 Å². The largest absolute Gasteiger partial charge is 1.00 e. The second-order valence-electron chi connectivity index (χ2n) is 8.50. The first kappa shape index (κ1) is 25.0. The summed E-state index contributed by atoms with van der Waals surface area (Å²) in [5.41, 5.74) is 2.26. The van der Waals surface area contributed by atoms with Crippen LogP contribution in [0, 0.1) is 0 Å². The van der Waals surface area contributed by atoms with E-state index >= 15 is 0 Å². The van der Waals surface area contributed by atoms with E-state index in [4.69, 9.17) is 23.2 Å². The molecule has 0 unspecified atom stereocenters. The van der Waals surface area contributed by atoms with Crippen molar-refractivity contribution in [2.75, 3.05) is 27.2 Å². The Kier molecular flexibility index (Phi) is 7.58. The number of halogens is 4. The average molecular weight is 557 g/mol. The smallest absolute Gasteiger partial charge is 0.261 e. The van der Waals surface area contributed by atoms with Gasteiger partial charge in [0.05, 0.1) is 30.7 Å². The van der Waals surface area contributed by atoms with Gasteiger partial charge >= 0.3 is 0 Å². The number of hydrogen-bond donors (Lipinski definition) is 0. The van der Waals surface area contributed by atoms with Crippen molar-refractivity contribution in [3.8, 4) is 0 Å². The van der Waals surface area contributed by atoms with Gasteiger partial charge in [-0.2, -0.15) is 0 Å². The SMILES string of the molecule is C[N+](C)(CCCN1C(=O)c2cccc3c(Br)ccc(c23)C1=O)Cc1ccc(Cl)c(Cl)c1.[Cl-]. The van der Waals surface area contributed by atoms with Crippen molar-refractivity contribution in [3.05, 3.63) is 79.7 Å². The molecule has 8 heteroatoms. The van der Waals surface area contributed by atoms with E-state index in [0.717, 1.165) is 33.9 Å². The first-order valence-electron chi connectivity index (χ1n) is 10.0. The van der Waals surface area contributed by atoms with Crippen LogP contribution in [0.4, 0.5) is 0 Å². The molecule has 0 saturated carbocycles. The van der Waals surface area contributed by atoms with E-state index in [1.54, 1.807) is 18.2 Å². The van der Waals surface area contributed by atoms with Crippen molar-refractivity contribution < 1.29 is 26.5 Å². The van der Waals surface area contributed by atoms with Gasteiger partial charge in [0.2, 0.25) is 0 Å². The zero-order valence-corrected chi connectivity index (χ0v) is 21.5. The quantitative estimate of drug-likeness (QED) is 0.346. The number of amides is 2. The molecule has 2 amide bonds. The van der Waals surface area contributed by atoms with Gasteiger partial charge in [-0.15, -0.1) is 0 Å². The molecule has 0 N–H and O–H groups in total. The Morgan fingerprint density at radius 2 is 1.62 bits per heavy atom. The molecular weight excluding hydrogens is 535 g/mol. The number of rotatable bonds is 6. The van der Waals surface area contributed by atoms with Crippen LogP contribution in [0.2, 0.25) is 10.0 Å². The molecular formula is C24H22BrCl3N2O2. The zero-order chi connectivity index (χ0) is 22.3. The fourth-order valence-corrected chi connectivity index (χ4v) is 4.97. The summed E-state index contributed by atoms with van der Waals surface area (Å²) < 4.78 is 1.58. The minimum atomic E-state index is -0.226. The van der Waals surface area contributed by atoms with Gasteiger partial charge in [-0.25, -0.2) is 0 Å². The number of nitrogens with zero attached hydrogens (tertiary/aromatic N) is 2. The number of quaternary nitrogens is 1. The summed E-state index contributed by atoms with van der Waals surface area (Å²) >= 11 is 15.7. The molecule has 0 radical (unpaired) electrons. The van der Waals surface area contributed by atoms with Crippen molar-refractivity contribution in [2.24, 2.45) is 0 Å². The molecule has 1 aliphatic rings. The topological polar surface area (TPSA) is 37.4 Å². The number of carbonyl (C=O) groups excluding carboxylic acids is 2. The van der Waals surface area contributed by atoms with Crippen molar-refractivity contribution in [1.82, 2.24) is 4.90 Å². The summed E-state index contributed by atoms with van der Waals surface area (Å²) in [6.07, 6.45) is 0.702. The van der Waals surface area contributed by atoms with Crippen LogP contribution in [0.25, 0.3) is 10.8 Å². The molecule has 0 fully saturated rings. The highest BCUT2D eigenvalue weighted by Crippen LogP contribution is 2.34. The number of imide groups is 1. The van der Waals surface area contributed by atoms with Crippen LogP contribution >= 0.6 is 39.1 Å². The molecule has 3 aromatic carbocycles. The van der Waals surface area contributed by atoms with Crippen molar-refractivity contribution >= 4 is 61.7 Å². The lowest BCUT2D eigenvalue weighted by molar-refractivity contribution is -0.903. The summed E-state index contributed by atoms with van der Waals surface area (Å²) in [5.74, 6) is -0.452. The Balaban J connectivity index is 0.00000289. The van der Waals surface area contributed by atoms with Crippen LogP contribution in [0.15, 0.2) is 53.0 Å². The van der Waals surface area contributed by atoms with E-state index < -0.39 is 0 Å². The molecule has 32 heavy (non-hydrogen) atoms. The van der Waals surface area contributed by atoms with Crippen molar-refractivity contribution in [1.29, 1.82) is 0 Å². The number of benzene rings is 3. The minimum Gasteiger partial charge on any atom is -1.00 e. The van der Waals surface area contributed by atoms with Gasteiger partial charge in [-0.1, -0.05) is 57.3 Å². The lowest BCUT2D eigenvalue weighted by Gasteiger charge is -2.32. The van der Waals surface area contributed by atoms with E-state index in [0.29, 0.717) is 38.6 Å². The summed E-state index contributed by atoms with van der Waals surface area (Å²) in [6.45, 7) is 1.95. The second kappa shape index (κ2) is 9.70. The molecule has 0 saturated heterocycles. The molecule has 0 bridgehead atoms. The molecule has 0 aromatic heterocycles. The fraction of sp³-hybridized carbons (Fsp3) is 0.250.